The summed E-state index contributed by atoms with van der Waals surface area (Å²) in [6.45, 7) is 1.63. The second kappa shape index (κ2) is 7.57. The number of halogens is 4. The number of nitrogens with zero attached hydrogens (tertiary/aromatic N) is 1. The van der Waals surface area contributed by atoms with Crippen LogP contribution in [-0.2, 0) is 16.1 Å². The highest BCUT2D eigenvalue weighted by atomic mass is 19.4. The number of aromatic nitrogens is 1. The van der Waals surface area contributed by atoms with Crippen LogP contribution in [0.15, 0.2) is 42.5 Å². The van der Waals surface area contributed by atoms with Crippen molar-refractivity contribution in [3.05, 3.63) is 65.1 Å². The van der Waals surface area contributed by atoms with Crippen LogP contribution in [0.4, 0.5) is 17.6 Å². The Bertz CT molecular complexity index is 1100. The molecule has 29 heavy (non-hydrogen) atoms. The third-order valence-electron chi connectivity index (χ3n) is 4.36. The fraction of sp³-hybridized carbons (Fsp3) is 0.200. The molecular weight excluding hydrogens is 394 g/mol. The molecule has 0 saturated heterocycles. The van der Waals surface area contributed by atoms with Crippen LogP contribution in [0.3, 0.4) is 0 Å². The summed E-state index contributed by atoms with van der Waals surface area (Å²) in [6, 6.07) is 9.11. The van der Waals surface area contributed by atoms with Crippen LogP contribution in [0.1, 0.15) is 21.6 Å². The van der Waals surface area contributed by atoms with Crippen LogP contribution in [0, 0.1) is 12.7 Å². The molecule has 0 unspecified atom stereocenters. The predicted octanol–water partition coefficient (Wildman–Crippen LogP) is 4.39. The normalized spacial score (nSPS) is 11.5. The number of fused-ring (bicyclic) bond motifs is 1. The van der Waals surface area contributed by atoms with Gasteiger partial charge in [-0.1, -0.05) is 12.1 Å². The number of alkyl halides is 3. The zero-order chi connectivity index (χ0) is 21.3. The van der Waals surface area contributed by atoms with Crippen molar-refractivity contribution in [1.82, 2.24) is 4.57 Å². The van der Waals surface area contributed by atoms with Crippen LogP contribution < -0.4 is 4.74 Å². The fourth-order valence-electron chi connectivity index (χ4n) is 3.16. The summed E-state index contributed by atoms with van der Waals surface area (Å²) in [5.41, 5.74) is 1.23. The molecule has 0 N–H and O–H groups in total. The molecule has 0 spiro atoms. The number of hydrogen-bond donors (Lipinski definition) is 0. The van der Waals surface area contributed by atoms with E-state index < -0.39 is 23.9 Å². The molecule has 1 heterocycles. The number of carbonyl (C=O) groups excluding carboxylic acids is 2. The maximum atomic E-state index is 13.8. The summed E-state index contributed by atoms with van der Waals surface area (Å²) in [5.74, 6) is -3.03. The third-order valence-corrected chi connectivity index (χ3v) is 4.36. The number of benzene rings is 2. The van der Waals surface area contributed by atoms with Gasteiger partial charge in [0.25, 0.3) is 5.78 Å². The van der Waals surface area contributed by atoms with E-state index in [2.05, 4.69) is 9.47 Å². The van der Waals surface area contributed by atoms with Crippen molar-refractivity contribution < 1.29 is 36.6 Å². The van der Waals surface area contributed by atoms with Crippen molar-refractivity contribution in [3.63, 3.8) is 0 Å². The maximum absolute atomic E-state index is 13.8. The molecule has 152 valence electrons. The van der Waals surface area contributed by atoms with Gasteiger partial charge in [0, 0.05) is 23.1 Å². The van der Waals surface area contributed by atoms with Gasteiger partial charge < -0.3 is 14.0 Å². The molecule has 5 nitrogen and oxygen atoms in total. The first kappa shape index (κ1) is 20.4. The number of methoxy groups -OCH3 is 1. The van der Waals surface area contributed by atoms with E-state index in [9.17, 15) is 27.2 Å². The average molecular weight is 409 g/mol. The monoisotopic (exact) mass is 409 g/mol. The molecule has 0 aliphatic rings. The number of esters is 1. The Hall–Kier alpha value is -3.36. The van der Waals surface area contributed by atoms with Gasteiger partial charge in [0.15, 0.2) is 0 Å². The number of ether oxygens (including phenoxy) is 2. The Morgan fingerprint density at radius 1 is 1.10 bits per heavy atom. The Morgan fingerprint density at radius 2 is 1.83 bits per heavy atom. The van der Waals surface area contributed by atoms with Gasteiger partial charge in [0.05, 0.1) is 12.7 Å². The topological polar surface area (TPSA) is 57.5 Å². The van der Waals surface area contributed by atoms with Gasteiger partial charge in [0.1, 0.15) is 11.6 Å². The highest BCUT2D eigenvalue weighted by Crippen LogP contribution is 2.29. The Kier molecular flexibility index (Phi) is 5.32. The zero-order valence-corrected chi connectivity index (χ0v) is 15.3. The van der Waals surface area contributed by atoms with E-state index in [0.29, 0.717) is 16.8 Å². The van der Waals surface area contributed by atoms with Crippen molar-refractivity contribution in [2.24, 2.45) is 0 Å². The van der Waals surface area contributed by atoms with Gasteiger partial charge in [-0.2, -0.15) is 0 Å². The van der Waals surface area contributed by atoms with Gasteiger partial charge in [-0.05, 0) is 42.8 Å². The second-order valence-corrected chi connectivity index (χ2v) is 6.22. The summed E-state index contributed by atoms with van der Waals surface area (Å²) in [4.78, 5) is 24.2. The quantitative estimate of drug-likeness (QED) is 0.271. The summed E-state index contributed by atoms with van der Waals surface area (Å²) < 4.78 is 61.2. The molecule has 0 aliphatic heterocycles. The third kappa shape index (κ3) is 4.23. The minimum Gasteiger partial charge on any atom is -0.463 e. The van der Waals surface area contributed by atoms with E-state index in [4.69, 9.17) is 0 Å². The van der Waals surface area contributed by atoms with Crippen LogP contribution in [0.5, 0.6) is 5.75 Å². The second-order valence-electron chi connectivity index (χ2n) is 6.22. The first-order valence-corrected chi connectivity index (χ1v) is 8.36. The summed E-state index contributed by atoms with van der Waals surface area (Å²) >= 11 is 0. The van der Waals surface area contributed by atoms with Crippen molar-refractivity contribution >= 4 is 22.7 Å². The SMILES string of the molecule is COC(=O)C(=O)c1c(C)n(Cc2cccc(OC(F)(F)F)c2)c2ccc(F)cc12. The van der Waals surface area contributed by atoms with Gasteiger partial charge in [-0.15, -0.1) is 13.2 Å². The Morgan fingerprint density at radius 3 is 2.48 bits per heavy atom. The maximum Gasteiger partial charge on any atom is 0.573 e. The number of hydrogen-bond acceptors (Lipinski definition) is 4. The first-order chi connectivity index (χ1) is 13.6. The molecule has 9 heteroatoms. The van der Waals surface area contributed by atoms with Crippen molar-refractivity contribution in [2.75, 3.05) is 7.11 Å². The minimum absolute atomic E-state index is 0.0194. The van der Waals surface area contributed by atoms with E-state index in [1.807, 2.05) is 0 Å². The number of ketones is 1. The molecule has 0 fully saturated rings. The number of Topliss-reactive ketones (excluding diaryl/α,β-unsaturated/α-hetero) is 1. The molecule has 0 aliphatic carbocycles. The smallest absolute Gasteiger partial charge is 0.463 e. The van der Waals surface area contributed by atoms with Gasteiger partial charge in [-0.3, -0.25) is 4.79 Å². The van der Waals surface area contributed by atoms with Crippen LogP contribution in [-0.4, -0.2) is 29.8 Å². The molecule has 2 aromatic carbocycles. The molecular formula is C20H15F4NO4. The fourth-order valence-corrected chi connectivity index (χ4v) is 3.16. The Balaban J connectivity index is 2.09. The van der Waals surface area contributed by atoms with Gasteiger partial charge in [-0.25, -0.2) is 9.18 Å². The lowest BCUT2D eigenvalue weighted by atomic mass is 10.1. The standard InChI is InChI=1S/C20H15F4NO4/c1-11-17(18(26)19(27)28-2)15-9-13(21)6-7-16(15)25(11)10-12-4-3-5-14(8-12)29-20(22,23)24/h3-9H,10H2,1-2H3. The average Bonchev–Trinajstić information content (AvgIpc) is 2.90. The number of carbonyl (C=O) groups is 2. The van der Waals surface area contributed by atoms with Crippen LogP contribution in [0.2, 0.25) is 0 Å². The molecule has 0 saturated carbocycles. The lowest BCUT2D eigenvalue weighted by Gasteiger charge is -2.12. The van der Waals surface area contributed by atoms with Crippen molar-refractivity contribution in [1.29, 1.82) is 0 Å². The van der Waals surface area contributed by atoms with E-state index in [0.717, 1.165) is 13.2 Å². The summed E-state index contributed by atoms with van der Waals surface area (Å²) in [5, 5.41) is 0.209. The van der Waals surface area contributed by atoms with E-state index in [-0.39, 0.29) is 23.2 Å². The molecule has 1 aromatic heterocycles. The molecule has 0 atom stereocenters. The van der Waals surface area contributed by atoms with E-state index in [1.165, 1.54) is 30.3 Å². The molecule has 3 rings (SSSR count). The van der Waals surface area contributed by atoms with E-state index >= 15 is 0 Å². The highest BCUT2D eigenvalue weighted by Gasteiger charge is 2.31. The predicted molar refractivity (Wildman–Crippen MR) is 95.2 cm³/mol. The zero-order valence-electron chi connectivity index (χ0n) is 15.3. The minimum atomic E-state index is -4.83. The van der Waals surface area contributed by atoms with E-state index in [1.54, 1.807) is 17.6 Å². The number of rotatable bonds is 5. The van der Waals surface area contributed by atoms with Crippen LogP contribution in [0.25, 0.3) is 10.9 Å². The summed E-state index contributed by atoms with van der Waals surface area (Å²) in [7, 11) is 1.06. The lowest BCUT2D eigenvalue weighted by molar-refractivity contribution is -0.274. The molecule has 0 radical (unpaired) electrons. The summed E-state index contributed by atoms with van der Waals surface area (Å²) in [6.07, 6.45) is -4.83. The highest BCUT2D eigenvalue weighted by molar-refractivity contribution is 6.43. The Labute approximate surface area is 162 Å². The van der Waals surface area contributed by atoms with Crippen molar-refractivity contribution in [2.45, 2.75) is 19.8 Å². The van der Waals surface area contributed by atoms with Gasteiger partial charge in [0.2, 0.25) is 0 Å². The van der Waals surface area contributed by atoms with Gasteiger partial charge >= 0.3 is 12.3 Å². The lowest BCUT2D eigenvalue weighted by Crippen LogP contribution is -2.17. The molecule has 0 bridgehead atoms. The molecule has 0 amide bonds. The van der Waals surface area contributed by atoms with Crippen LogP contribution >= 0.6 is 0 Å². The largest absolute Gasteiger partial charge is 0.573 e. The van der Waals surface area contributed by atoms with Crippen molar-refractivity contribution in [3.8, 4) is 5.75 Å². The molecule has 3 aromatic rings. The first-order valence-electron chi connectivity index (χ1n) is 8.36.